The maximum atomic E-state index is 12.4. The quantitative estimate of drug-likeness (QED) is 0.123. The lowest BCUT2D eigenvalue weighted by Gasteiger charge is -2.26. The van der Waals surface area contributed by atoms with E-state index in [9.17, 15) is 34.2 Å². The molecule has 0 aromatic rings. The number of rotatable bonds is 13. The first-order chi connectivity index (χ1) is 13.8. The van der Waals surface area contributed by atoms with Crippen LogP contribution < -0.4 is 27.4 Å². The summed E-state index contributed by atoms with van der Waals surface area (Å²) in [4.78, 5) is 58.8. The standard InChI is InChI=1S/C16H29N5O8S/c1-6(22)11(18)14(26)21-12(7(2)23)15(27)20-9(5-30)13(25)19-8(16(28)29)3-4-10(17)24/h6-9,11-12,22-23,30H,3-5,18H2,1-2H3,(H2,17,24)(H,19,25)(H,20,27)(H,21,26)(H,28,29). The summed E-state index contributed by atoms with van der Waals surface area (Å²) in [6, 6.07) is -5.62. The lowest BCUT2D eigenvalue weighted by atomic mass is 10.1. The van der Waals surface area contributed by atoms with E-state index in [4.69, 9.17) is 16.6 Å². The smallest absolute Gasteiger partial charge is 0.326 e. The molecule has 0 aromatic carbocycles. The molecule has 0 saturated heterocycles. The van der Waals surface area contributed by atoms with Gasteiger partial charge in [0, 0.05) is 12.2 Å². The van der Waals surface area contributed by atoms with Crippen LogP contribution in [-0.4, -0.2) is 87.0 Å². The second kappa shape index (κ2) is 13.0. The fourth-order valence-corrected chi connectivity index (χ4v) is 2.40. The van der Waals surface area contributed by atoms with E-state index in [-0.39, 0.29) is 18.6 Å². The predicted molar refractivity (Wildman–Crippen MR) is 107 cm³/mol. The molecule has 0 aliphatic rings. The molecule has 0 heterocycles. The summed E-state index contributed by atoms with van der Waals surface area (Å²) in [5.41, 5.74) is 10.4. The van der Waals surface area contributed by atoms with Crippen molar-refractivity contribution < 1.29 is 39.3 Å². The molecule has 6 unspecified atom stereocenters. The van der Waals surface area contributed by atoms with E-state index in [0.717, 1.165) is 0 Å². The Kier molecular flexibility index (Phi) is 11.9. The minimum Gasteiger partial charge on any atom is -0.480 e. The molecule has 0 fully saturated rings. The van der Waals surface area contributed by atoms with E-state index in [1.165, 1.54) is 13.8 Å². The number of carbonyl (C=O) groups excluding carboxylic acids is 4. The van der Waals surface area contributed by atoms with Crippen LogP contribution >= 0.6 is 12.6 Å². The number of amides is 4. The van der Waals surface area contributed by atoms with Crippen LogP contribution in [-0.2, 0) is 24.0 Å². The Bertz CT molecular complexity index is 645. The predicted octanol–water partition coefficient (Wildman–Crippen LogP) is -4.19. The van der Waals surface area contributed by atoms with Gasteiger partial charge in [0.15, 0.2) is 0 Å². The number of aliphatic hydroxyl groups is 2. The fourth-order valence-electron chi connectivity index (χ4n) is 2.15. The highest BCUT2D eigenvalue weighted by Crippen LogP contribution is 2.02. The monoisotopic (exact) mass is 451 g/mol. The van der Waals surface area contributed by atoms with Crippen LogP contribution in [0.2, 0.25) is 0 Å². The van der Waals surface area contributed by atoms with E-state index < -0.39 is 66.0 Å². The summed E-state index contributed by atoms with van der Waals surface area (Å²) in [5.74, 6) is -5.18. The highest BCUT2D eigenvalue weighted by molar-refractivity contribution is 7.80. The Morgan fingerprint density at radius 1 is 0.900 bits per heavy atom. The zero-order chi connectivity index (χ0) is 23.6. The van der Waals surface area contributed by atoms with Crippen LogP contribution in [0.25, 0.3) is 0 Å². The number of thiol groups is 1. The summed E-state index contributed by atoms with van der Waals surface area (Å²) >= 11 is 3.94. The number of primary amides is 1. The molecule has 0 radical (unpaired) electrons. The van der Waals surface area contributed by atoms with E-state index in [0.29, 0.717) is 0 Å². The summed E-state index contributed by atoms with van der Waals surface area (Å²) in [6.45, 7) is 2.47. The number of nitrogens with two attached hydrogens (primary N) is 2. The molecule has 4 amide bonds. The number of hydrogen-bond donors (Lipinski definition) is 9. The Morgan fingerprint density at radius 2 is 1.43 bits per heavy atom. The normalized spacial score (nSPS) is 16.9. The van der Waals surface area contributed by atoms with Gasteiger partial charge < -0.3 is 42.7 Å². The molecular weight excluding hydrogens is 422 g/mol. The molecule has 10 N–H and O–H groups in total. The van der Waals surface area contributed by atoms with Crippen molar-refractivity contribution in [2.75, 3.05) is 5.75 Å². The van der Waals surface area contributed by atoms with Crippen LogP contribution in [0.3, 0.4) is 0 Å². The maximum Gasteiger partial charge on any atom is 0.326 e. The van der Waals surface area contributed by atoms with Gasteiger partial charge in [0.05, 0.1) is 12.2 Å². The first-order valence-corrected chi connectivity index (χ1v) is 9.59. The van der Waals surface area contributed by atoms with Crippen LogP contribution in [0.1, 0.15) is 26.7 Å². The fraction of sp³-hybridized carbons (Fsp3) is 0.688. The maximum absolute atomic E-state index is 12.4. The number of carboxylic acid groups (broad SMARTS) is 1. The van der Waals surface area contributed by atoms with Crippen molar-refractivity contribution in [3.05, 3.63) is 0 Å². The Morgan fingerprint density at radius 3 is 1.83 bits per heavy atom. The summed E-state index contributed by atoms with van der Waals surface area (Å²) in [5, 5.41) is 34.9. The number of aliphatic hydroxyl groups excluding tert-OH is 2. The van der Waals surface area contributed by atoms with E-state index in [1.54, 1.807) is 0 Å². The highest BCUT2D eigenvalue weighted by Gasteiger charge is 2.32. The topological polar surface area (TPSA) is 234 Å². The Hall–Kier alpha value is -2.42. The van der Waals surface area contributed by atoms with Gasteiger partial charge in [-0.1, -0.05) is 0 Å². The van der Waals surface area contributed by atoms with Gasteiger partial charge >= 0.3 is 5.97 Å². The molecule has 0 aliphatic carbocycles. The van der Waals surface area contributed by atoms with Gasteiger partial charge in [-0.25, -0.2) is 4.79 Å². The van der Waals surface area contributed by atoms with Gasteiger partial charge in [0.1, 0.15) is 24.2 Å². The van der Waals surface area contributed by atoms with E-state index in [2.05, 4.69) is 28.6 Å². The molecule has 14 heteroatoms. The number of carboxylic acids is 1. The molecule has 30 heavy (non-hydrogen) atoms. The molecule has 172 valence electrons. The van der Waals surface area contributed by atoms with Crippen LogP contribution in [0.4, 0.5) is 0 Å². The van der Waals surface area contributed by atoms with Gasteiger partial charge in [0.2, 0.25) is 23.6 Å². The average molecular weight is 452 g/mol. The third-order valence-corrected chi connectivity index (χ3v) is 4.36. The van der Waals surface area contributed by atoms with E-state index in [1.807, 2.05) is 0 Å². The number of aliphatic carboxylic acids is 1. The van der Waals surface area contributed by atoms with Crippen molar-refractivity contribution in [2.24, 2.45) is 11.5 Å². The van der Waals surface area contributed by atoms with Crippen LogP contribution in [0.5, 0.6) is 0 Å². The zero-order valence-corrected chi connectivity index (χ0v) is 17.5. The van der Waals surface area contributed by atoms with Gasteiger partial charge in [-0.05, 0) is 20.3 Å². The van der Waals surface area contributed by atoms with Crippen molar-refractivity contribution in [3.8, 4) is 0 Å². The molecule has 0 rings (SSSR count). The average Bonchev–Trinajstić information content (AvgIpc) is 2.65. The molecule has 6 atom stereocenters. The third-order valence-electron chi connectivity index (χ3n) is 3.99. The van der Waals surface area contributed by atoms with Crippen molar-refractivity contribution in [3.63, 3.8) is 0 Å². The second-order valence-corrected chi connectivity index (χ2v) is 7.01. The molecule has 13 nitrogen and oxygen atoms in total. The van der Waals surface area contributed by atoms with Crippen LogP contribution in [0.15, 0.2) is 0 Å². The summed E-state index contributed by atoms with van der Waals surface area (Å²) in [6.07, 6.45) is -3.14. The number of hydrogen-bond acceptors (Lipinski definition) is 9. The molecule has 0 bridgehead atoms. The lowest BCUT2D eigenvalue weighted by molar-refractivity contribution is -0.142. The zero-order valence-electron chi connectivity index (χ0n) is 16.6. The minimum absolute atomic E-state index is 0.243. The summed E-state index contributed by atoms with van der Waals surface area (Å²) in [7, 11) is 0. The Balaban J connectivity index is 5.17. The molecule has 0 saturated carbocycles. The van der Waals surface area contributed by atoms with Gasteiger partial charge in [-0.15, -0.1) is 0 Å². The van der Waals surface area contributed by atoms with Crippen molar-refractivity contribution >= 4 is 42.2 Å². The number of nitrogens with one attached hydrogen (secondary N) is 3. The van der Waals surface area contributed by atoms with E-state index >= 15 is 0 Å². The first-order valence-electron chi connectivity index (χ1n) is 8.96. The Labute approximate surface area is 178 Å². The third kappa shape index (κ3) is 9.39. The first kappa shape index (κ1) is 27.6. The highest BCUT2D eigenvalue weighted by atomic mass is 32.1. The minimum atomic E-state index is -1.51. The SMILES string of the molecule is CC(O)C(N)C(=O)NC(C(=O)NC(CS)C(=O)NC(CCC(N)=O)C(=O)O)C(C)O. The van der Waals surface area contributed by atoms with Gasteiger partial charge in [0.25, 0.3) is 0 Å². The van der Waals surface area contributed by atoms with Crippen LogP contribution in [0, 0.1) is 0 Å². The number of carbonyl (C=O) groups is 5. The molecule has 0 spiro atoms. The second-order valence-electron chi connectivity index (χ2n) is 6.64. The summed E-state index contributed by atoms with van der Waals surface area (Å²) < 4.78 is 0. The molecule has 0 aliphatic heterocycles. The molecular formula is C16H29N5O8S. The van der Waals surface area contributed by atoms with Crippen molar-refractivity contribution in [1.29, 1.82) is 0 Å². The molecule has 0 aromatic heterocycles. The van der Waals surface area contributed by atoms with Gasteiger partial charge in [-0.2, -0.15) is 12.6 Å². The largest absolute Gasteiger partial charge is 0.480 e. The van der Waals surface area contributed by atoms with Gasteiger partial charge in [-0.3, -0.25) is 19.2 Å². The lowest BCUT2D eigenvalue weighted by Crippen LogP contribution is -2.61. The van der Waals surface area contributed by atoms with Crippen molar-refractivity contribution in [2.45, 2.75) is 63.1 Å². The van der Waals surface area contributed by atoms with Crippen molar-refractivity contribution in [1.82, 2.24) is 16.0 Å².